The van der Waals surface area contributed by atoms with E-state index in [4.69, 9.17) is 17.3 Å². The van der Waals surface area contributed by atoms with Crippen LogP contribution in [0.15, 0.2) is 24.3 Å². The first kappa shape index (κ1) is 14.8. The summed E-state index contributed by atoms with van der Waals surface area (Å²) in [6, 6.07) is 7.09. The topological polar surface area (TPSA) is 75.4 Å². The first-order valence-corrected chi connectivity index (χ1v) is 7.00. The lowest BCUT2D eigenvalue weighted by atomic mass is 9.97. The monoisotopic (exact) mass is 295 g/mol. The zero-order valence-electron chi connectivity index (χ0n) is 11.1. The fourth-order valence-corrected chi connectivity index (χ4v) is 2.57. The lowest BCUT2D eigenvalue weighted by molar-refractivity contribution is -0.125. The van der Waals surface area contributed by atoms with Crippen molar-refractivity contribution in [2.75, 3.05) is 25.0 Å². The second kappa shape index (κ2) is 6.72. The van der Waals surface area contributed by atoms with Crippen LogP contribution in [0.3, 0.4) is 0 Å². The van der Waals surface area contributed by atoms with Gasteiger partial charge in [0, 0.05) is 6.54 Å². The van der Waals surface area contributed by atoms with Gasteiger partial charge in [0.15, 0.2) is 0 Å². The summed E-state index contributed by atoms with van der Waals surface area (Å²) in [5.74, 6) is -0.582. The van der Waals surface area contributed by atoms with E-state index in [0.29, 0.717) is 17.3 Å². The molecule has 0 saturated carbocycles. The second-order valence-corrected chi connectivity index (χ2v) is 5.41. The summed E-state index contributed by atoms with van der Waals surface area (Å²) < 4.78 is 0. The van der Waals surface area contributed by atoms with Gasteiger partial charge < -0.3 is 11.1 Å². The third-order valence-electron chi connectivity index (χ3n) is 3.42. The molecule has 0 radical (unpaired) electrons. The number of nitrogens with zero attached hydrogens (tertiary/aromatic N) is 1. The Balaban J connectivity index is 1.88. The highest BCUT2D eigenvalue weighted by Gasteiger charge is 2.25. The molecule has 0 spiro atoms. The zero-order valence-corrected chi connectivity index (χ0v) is 11.9. The largest absolute Gasteiger partial charge is 0.369 e. The Hall–Kier alpha value is -1.59. The normalized spacial score (nSPS) is 19.6. The van der Waals surface area contributed by atoms with Crippen molar-refractivity contribution in [1.29, 1.82) is 0 Å². The van der Waals surface area contributed by atoms with Crippen LogP contribution in [0.4, 0.5) is 5.69 Å². The Morgan fingerprint density at radius 3 is 2.85 bits per heavy atom. The lowest BCUT2D eigenvalue weighted by Gasteiger charge is -2.30. The van der Waals surface area contributed by atoms with Gasteiger partial charge in [-0.05, 0) is 31.5 Å². The number of amides is 2. The number of para-hydroxylation sites is 1. The van der Waals surface area contributed by atoms with Crippen molar-refractivity contribution in [3.05, 3.63) is 29.3 Å². The fraction of sp³-hybridized carbons (Fsp3) is 0.429. The Morgan fingerprint density at radius 1 is 1.40 bits per heavy atom. The van der Waals surface area contributed by atoms with Gasteiger partial charge in [-0.25, -0.2) is 0 Å². The lowest BCUT2D eigenvalue weighted by Crippen LogP contribution is -2.44. The molecule has 1 atom stereocenters. The summed E-state index contributed by atoms with van der Waals surface area (Å²) in [6.45, 7) is 1.60. The summed E-state index contributed by atoms with van der Waals surface area (Å²) in [4.78, 5) is 25.1. The van der Waals surface area contributed by atoms with Crippen molar-refractivity contribution >= 4 is 29.1 Å². The van der Waals surface area contributed by atoms with Crippen LogP contribution in [0.5, 0.6) is 0 Å². The van der Waals surface area contributed by atoms with Crippen LogP contribution in [0.1, 0.15) is 12.8 Å². The van der Waals surface area contributed by atoms with Crippen LogP contribution in [-0.2, 0) is 9.59 Å². The highest BCUT2D eigenvalue weighted by atomic mass is 35.5. The van der Waals surface area contributed by atoms with Crippen LogP contribution in [0, 0.1) is 5.92 Å². The summed E-state index contributed by atoms with van der Waals surface area (Å²) in [5, 5.41) is 3.28. The number of nitrogens with two attached hydrogens (primary N) is 1. The van der Waals surface area contributed by atoms with Crippen molar-refractivity contribution in [3.8, 4) is 0 Å². The number of hydrogen-bond acceptors (Lipinski definition) is 3. The van der Waals surface area contributed by atoms with Gasteiger partial charge in [-0.3, -0.25) is 14.5 Å². The standard InChI is InChI=1S/C14H18ClN3O2/c15-11-5-1-2-6-12(11)17-13(19)9-18-7-3-4-10(8-18)14(16)20/h1-2,5-6,10H,3-4,7-9H2,(H2,16,20)(H,17,19). The molecule has 1 aliphatic rings. The third-order valence-corrected chi connectivity index (χ3v) is 3.75. The van der Waals surface area contributed by atoms with E-state index in [1.807, 2.05) is 11.0 Å². The molecule has 108 valence electrons. The van der Waals surface area contributed by atoms with Crippen molar-refractivity contribution in [1.82, 2.24) is 4.90 Å². The van der Waals surface area contributed by atoms with E-state index in [1.54, 1.807) is 18.2 Å². The first-order chi connectivity index (χ1) is 9.56. The molecule has 2 amide bonds. The predicted molar refractivity (Wildman–Crippen MR) is 78.4 cm³/mol. The molecule has 1 unspecified atom stereocenters. The van der Waals surface area contributed by atoms with Crippen molar-refractivity contribution in [2.24, 2.45) is 11.7 Å². The van der Waals surface area contributed by atoms with Crippen LogP contribution >= 0.6 is 11.6 Å². The van der Waals surface area contributed by atoms with Gasteiger partial charge in [0.1, 0.15) is 0 Å². The molecular weight excluding hydrogens is 278 g/mol. The average Bonchev–Trinajstić information content (AvgIpc) is 2.41. The van der Waals surface area contributed by atoms with E-state index in [0.717, 1.165) is 19.4 Å². The molecule has 1 aromatic rings. The molecule has 1 saturated heterocycles. The summed E-state index contributed by atoms with van der Waals surface area (Å²) in [7, 11) is 0. The SMILES string of the molecule is NC(=O)C1CCCN(CC(=O)Nc2ccccc2Cl)C1. The molecule has 1 heterocycles. The number of anilines is 1. The van der Waals surface area contributed by atoms with E-state index in [-0.39, 0.29) is 24.3 Å². The van der Waals surface area contributed by atoms with E-state index in [2.05, 4.69) is 5.32 Å². The minimum Gasteiger partial charge on any atom is -0.369 e. The van der Waals surface area contributed by atoms with Gasteiger partial charge in [0.25, 0.3) is 0 Å². The quantitative estimate of drug-likeness (QED) is 0.883. The molecule has 1 aliphatic heterocycles. The van der Waals surface area contributed by atoms with E-state index < -0.39 is 0 Å². The Bertz CT molecular complexity index is 507. The summed E-state index contributed by atoms with van der Waals surface area (Å²) >= 11 is 5.99. The van der Waals surface area contributed by atoms with E-state index in [9.17, 15) is 9.59 Å². The first-order valence-electron chi connectivity index (χ1n) is 6.62. The Labute approximate surface area is 123 Å². The number of halogens is 1. The maximum atomic E-state index is 12.0. The molecule has 5 nitrogen and oxygen atoms in total. The van der Waals surface area contributed by atoms with Crippen LogP contribution < -0.4 is 11.1 Å². The zero-order chi connectivity index (χ0) is 14.5. The number of carbonyl (C=O) groups excluding carboxylic acids is 2. The van der Waals surface area contributed by atoms with E-state index >= 15 is 0 Å². The predicted octanol–water partition coefficient (Wildman–Crippen LogP) is 1.48. The molecule has 0 aromatic heterocycles. The van der Waals surface area contributed by atoms with Gasteiger partial charge in [-0.2, -0.15) is 0 Å². The van der Waals surface area contributed by atoms with Gasteiger partial charge in [-0.1, -0.05) is 23.7 Å². The minimum atomic E-state index is -0.291. The Kier molecular flexibility index (Phi) is 4.98. The van der Waals surface area contributed by atoms with Gasteiger partial charge in [-0.15, -0.1) is 0 Å². The minimum absolute atomic E-state index is 0.136. The van der Waals surface area contributed by atoms with Crippen LogP contribution in [0.2, 0.25) is 5.02 Å². The number of hydrogen-bond donors (Lipinski definition) is 2. The highest BCUT2D eigenvalue weighted by molar-refractivity contribution is 6.33. The van der Waals surface area contributed by atoms with Crippen LogP contribution in [-0.4, -0.2) is 36.3 Å². The fourth-order valence-electron chi connectivity index (χ4n) is 2.39. The molecule has 1 fully saturated rings. The molecule has 2 rings (SSSR count). The van der Waals surface area contributed by atoms with Crippen molar-refractivity contribution in [2.45, 2.75) is 12.8 Å². The molecule has 0 bridgehead atoms. The van der Waals surface area contributed by atoms with Gasteiger partial charge >= 0.3 is 0 Å². The molecule has 6 heteroatoms. The molecule has 0 aliphatic carbocycles. The number of benzene rings is 1. The number of likely N-dealkylation sites (tertiary alicyclic amines) is 1. The number of primary amides is 1. The Morgan fingerprint density at radius 2 is 2.15 bits per heavy atom. The van der Waals surface area contributed by atoms with Crippen molar-refractivity contribution in [3.63, 3.8) is 0 Å². The highest BCUT2D eigenvalue weighted by Crippen LogP contribution is 2.21. The maximum absolute atomic E-state index is 12.0. The smallest absolute Gasteiger partial charge is 0.238 e. The van der Waals surface area contributed by atoms with Gasteiger partial charge in [0.2, 0.25) is 11.8 Å². The molecule has 3 N–H and O–H groups in total. The second-order valence-electron chi connectivity index (χ2n) is 5.00. The summed E-state index contributed by atoms with van der Waals surface area (Å²) in [5.41, 5.74) is 5.92. The van der Waals surface area contributed by atoms with E-state index in [1.165, 1.54) is 0 Å². The number of rotatable bonds is 4. The molecule has 20 heavy (non-hydrogen) atoms. The molecule has 1 aromatic carbocycles. The van der Waals surface area contributed by atoms with Crippen molar-refractivity contribution < 1.29 is 9.59 Å². The number of carbonyl (C=O) groups is 2. The number of nitrogens with one attached hydrogen (secondary N) is 1. The third kappa shape index (κ3) is 3.95. The molecular formula is C14H18ClN3O2. The van der Waals surface area contributed by atoms with Gasteiger partial charge in [0.05, 0.1) is 23.2 Å². The summed E-state index contributed by atoms with van der Waals surface area (Å²) in [6.07, 6.45) is 1.69. The van der Waals surface area contributed by atoms with Crippen LogP contribution in [0.25, 0.3) is 0 Å². The average molecular weight is 296 g/mol. The number of piperidine rings is 1. The maximum Gasteiger partial charge on any atom is 0.238 e.